The minimum atomic E-state index is 0.445. The molecule has 1 unspecified atom stereocenters. The number of benzene rings is 1. The maximum Gasteiger partial charge on any atom is 0.133 e. The molecule has 1 aliphatic carbocycles. The summed E-state index contributed by atoms with van der Waals surface area (Å²) in [5.74, 6) is 0.912. The summed E-state index contributed by atoms with van der Waals surface area (Å²) in [4.78, 5) is 11.6. The Kier molecular flexibility index (Phi) is 3.42. The standard InChI is InChI=1S/C15H20O/c1-11-7-8-14(9-12(11)2)13-5-3-4-6-15(16)10-13/h7-9,13H,3-6,10H2,1-2H3. The Morgan fingerprint density at radius 2 is 1.94 bits per heavy atom. The molecule has 0 saturated heterocycles. The highest BCUT2D eigenvalue weighted by molar-refractivity contribution is 5.79. The van der Waals surface area contributed by atoms with E-state index in [2.05, 4.69) is 32.0 Å². The molecule has 1 saturated carbocycles. The molecule has 0 aromatic heterocycles. The Morgan fingerprint density at radius 3 is 2.69 bits per heavy atom. The summed E-state index contributed by atoms with van der Waals surface area (Å²) < 4.78 is 0. The molecule has 1 aromatic rings. The average molecular weight is 216 g/mol. The Hall–Kier alpha value is -1.11. The van der Waals surface area contributed by atoms with Crippen LogP contribution in [0.3, 0.4) is 0 Å². The predicted molar refractivity (Wildman–Crippen MR) is 66.7 cm³/mol. The number of hydrogen-bond acceptors (Lipinski definition) is 1. The second-order valence-corrected chi connectivity index (χ2v) is 5.03. The van der Waals surface area contributed by atoms with Crippen molar-refractivity contribution in [3.63, 3.8) is 0 Å². The first-order valence-corrected chi connectivity index (χ1v) is 6.25. The zero-order valence-electron chi connectivity index (χ0n) is 10.3. The Bertz CT molecular complexity index is 392. The van der Waals surface area contributed by atoms with Crippen molar-refractivity contribution >= 4 is 5.78 Å². The smallest absolute Gasteiger partial charge is 0.133 e. The third-order valence-electron chi connectivity index (χ3n) is 3.73. The normalized spacial score (nSPS) is 21.9. The molecule has 0 radical (unpaired) electrons. The van der Waals surface area contributed by atoms with Gasteiger partial charge in [-0.1, -0.05) is 24.6 Å². The minimum absolute atomic E-state index is 0.445. The Morgan fingerprint density at radius 1 is 1.12 bits per heavy atom. The van der Waals surface area contributed by atoms with Gasteiger partial charge in [-0.25, -0.2) is 0 Å². The molecule has 16 heavy (non-hydrogen) atoms. The van der Waals surface area contributed by atoms with Gasteiger partial charge in [-0.15, -0.1) is 0 Å². The Balaban J connectivity index is 2.21. The third-order valence-corrected chi connectivity index (χ3v) is 3.73. The minimum Gasteiger partial charge on any atom is -0.300 e. The van der Waals surface area contributed by atoms with Gasteiger partial charge in [0.2, 0.25) is 0 Å². The summed E-state index contributed by atoms with van der Waals surface area (Å²) in [6.07, 6.45) is 5.00. The van der Waals surface area contributed by atoms with E-state index in [0.717, 1.165) is 19.3 Å². The van der Waals surface area contributed by atoms with Crippen LogP contribution in [0.15, 0.2) is 18.2 Å². The predicted octanol–water partition coefficient (Wildman–Crippen LogP) is 3.92. The molecule has 0 aliphatic heterocycles. The second kappa shape index (κ2) is 4.82. The summed E-state index contributed by atoms with van der Waals surface area (Å²) in [6, 6.07) is 6.64. The van der Waals surface area contributed by atoms with Crippen molar-refractivity contribution in [1.82, 2.24) is 0 Å². The van der Waals surface area contributed by atoms with Gasteiger partial charge in [0, 0.05) is 12.8 Å². The fourth-order valence-electron chi connectivity index (χ4n) is 2.49. The lowest BCUT2D eigenvalue weighted by Crippen LogP contribution is -2.04. The van der Waals surface area contributed by atoms with Crippen LogP contribution in [0.2, 0.25) is 0 Å². The van der Waals surface area contributed by atoms with Crippen LogP contribution in [0.4, 0.5) is 0 Å². The summed E-state index contributed by atoms with van der Waals surface area (Å²) in [6.45, 7) is 4.29. The summed E-state index contributed by atoms with van der Waals surface area (Å²) in [5, 5.41) is 0. The van der Waals surface area contributed by atoms with Crippen molar-refractivity contribution in [3.8, 4) is 0 Å². The van der Waals surface area contributed by atoms with Gasteiger partial charge in [-0.3, -0.25) is 4.79 Å². The van der Waals surface area contributed by atoms with Crippen molar-refractivity contribution in [2.75, 3.05) is 0 Å². The largest absolute Gasteiger partial charge is 0.300 e. The van der Waals surface area contributed by atoms with Crippen LogP contribution in [0.5, 0.6) is 0 Å². The van der Waals surface area contributed by atoms with E-state index in [1.54, 1.807) is 0 Å². The first-order valence-electron chi connectivity index (χ1n) is 6.25. The third kappa shape index (κ3) is 2.52. The molecule has 86 valence electrons. The number of hydrogen-bond donors (Lipinski definition) is 0. The lowest BCUT2D eigenvalue weighted by molar-refractivity contribution is -0.119. The van der Waals surface area contributed by atoms with Crippen LogP contribution in [0.25, 0.3) is 0 Å². The number of rotatable bonds is 1. The SMILES string of the molecule is Cc1ccc(C2CCCCC(=O)C2)cc1C. The van der Waals surface area contributed by atoms with Gasteiger partial charge in [-0.2, -0.15) is 0 Å². The topological polar surface area (TPSA) is 17.1 Å². The van der Waals surface area contributed by atoms with Crippen LogP contribution in [-0.2, 0) is 4.79 Å². The molecule has 0 bridgehead atoms. The van der Waals surface area contributed by atoms with Gasteiger partial charge in [0.25, 0.3) is 0 Å². The summed E-state index contributed by atoms with van der Waals surface area (Å²) in [5.41, 5.74) is 4.04. The number of carbonyl (C=O) groups excluding carboxylic acids is 1. The molecule has 1 aromatic carbocycles. The number of Topliss-reactive ketones (excluding diaryl/α,β-unsaturated/α-hetero) is 1. The Labute approximate surface area is 97.9 Å². The monoisotopic (exact) mass is 216 g/mol. The van der Waals surface area contributed by atoms with Crippen molar-refractivity contribution in [3.05, 3.63) is 34.9 Å². The fourth-order valence-corrected chi connectivity index (χ4v) is 2.49. The van der Waals surface area contributed by atoms with E-state index in [4.69, 9.17) is 0 Å². The van der Waals surface area contributed by atoms with Gasteiger partial charge in [0.15, 0.2) is 0 Å². The van der Waals surface area contributed by atoms with E-state index in [0.29, 0.717) is 11.7 Å². The van der Waals surface area contributed by atoms with Gasteiger partial charge in [0.05, 0.1) is 0 Å². The van der Waals surface area contributed by atoms with E-state index in [-0.39, 0.29) is 0 Å². The average Bonchev–Trinajstić information content (AvgIpc) is 2.47. The maximum absolute atomic E-state index is 11.6. The molecule has 2 rings (SSSR count). The highest BCUT2D eigenvalue weighted by Gasteiger charge is 2.19. The van der Waals surface area contributed by atoms with Crippen molar-refractivity contribution in [2.24, 2.45) is 0 Å². The van der Waals surface area contributed by atoms with Crippen LogP contribution in [-0.4, -0.2) is 5.78 Å². The van der Waals surface area contributed by atoms with Gasteiger partial charge >= 0.3 is 0 Å². The van der Waals surface area contributed by atoms with Crippen LogP contribution >= 0.6 is 0 Å². The van der Waals surface area contributed by atoms with Crippen molar-refractivity contribution < 1.29 is 4.79 Å². The van der Waals surface area contributed by atoms with Gasteiger partial charge in [0.1, 0.15) is 5.78 Å². The first kappa shape index (κ1) is 11.4. The van der Waals surface area contributed by atoms with Gasteiger partial charge < -0.3 is 0 Å². The van der Waals surface area contributed by atoms with E-state index >= 15 is 0 Å². The molecule has 0 N–H and O–H groups in total. The van der Waals surface area contributed by atoms with Crippen LogP contribution in [0.1, 0.15) is 54.7 Å². The van der Waals surface area contributed by atoms with Crippen LogP contribution < -0.4 is 0 Å². The van der Waals surface area contributed by atoms with Crippen molar-refractivity contribution in [1.29, 1.82) is 0 Å². The van der Waals surface area contributed by atoms with Gasteiger partial charge in [-0.05, 0) is 49.3 Å². The van der Waals surface area contributed by atoms with Crippen LogP contribution in [0, 0.1) is 13.8 Å². The number of carbonyl (C=O) groups is 1. The second-order valence-electron chi connectivity index (χ2n) is 5.03. The molecule has 1 heteroatoms. The molecule has 1 aliphatic rings. The molecular formula is C15H20O. The highest BCUT2D eigenvalue weighted by Crippen LogP contribution is 2.30. The zero-order valence-corrected chi connectivity index (χ0v) is 10.3. The van der Waals surface area contributed by atoms with Crippen molar-refractivity contribution in [2.45, 2.75) is 51.9 Å². The van der Waals surface area contributed by atoms with E-state index in [1.807, 2.05) is 0 Å². The fraction of sp³-hybridized carbons (Fsp3) is 0.533. The zero-order chi connectivity index (χ0) is 11.5. The van der Waals surface area contributed by atoms with E-state index in [1.165, 1.54) is 29.5 Å². The highest BCUT2D eigenvalue weighted by atomic mass is 16.1. The molecule has 1 fully saturated rings. The summed E-state index contributed by atoms with van der Waals surface area (Å²) in [7, 11) is 0. The molecule has 0 heterocycles. The maximum atomic E-state index is 11.6. The molecule has 1 nitrogen and oxygen atoms in total. The summed E-state index contributed by atoms with van der Waals surface area (Å²) >= 11 is 0. The lowest BCUT2D eigenvalue weighted by Gasteiger charge is -2.15. The van der Waals surface area contributed by atoms with E-state index in [9.17, 15) is 4.79 Å². The first-order chi connectivity index (χ1) is 7.66. The molecular weight excluding hydrogens is 196 g/mol. The molecule has 0 amide bonds. The van der Waals surface area contributed by atoms with E-state index < -0.39 is 0 Å². The number of ketones is 1. The number of aryl methyl sites for hydroxylation is 2. The molecule has 1 atom stereocenters. The lowest BCUT2D eigenvalue weighted by atomic mass is 9.89. The molecule has 0 spiro atoms. The quantitative estimate of drug-likeness (QED) is 0.650.